The number of ether oxygens (including phenoxy) is 1. The third-order valence-electron chi connectivity index (χ3n) is 6.71. The molecule has 0 spiro atoms. The summed E-state index contributed by atoms with van der Waals surface area (Å²) >= 11 is 0. The summed E-state index contributed by atoms with van der Waals surface area (Å²) in [6, 6.07) is 12.6. The smallest absolute Gasteiger partial charge is 0.164 e. The predicted octanol–water partition coefficient (Wildman–Crippen LogP) is 4.23. The highest BCUT2D eigenvalue weighted by Gasteiger charge is 2.23. The van der Waals surface area contributed by atoms with Gasteiger partial charge in [0.1, 0.15) is 5.52 Å². The highest BCUT2D eigenvalue weighted by atomic mass is 16.5. The van der Waals surface area contributed by atoms with E-state index in [0.717, 1.165) is 72.7 Å². The molecule has 0 amide bonds. The first-order valence-corrected chi connectivity index (χ1v) is 11.6. The maximum atomic E-state index is 5.59. The van der Waals surface area contributed by atoms with Crippen LogP contribution in [-0.4, -0.2) is 50.6 Å². The monoisotopic (exact) mass is 428 g/mol. The highest BCUT2D eigenvalue weighted by molar-refractivity contribution is 5.87. The minimum Gasteiger partial charge on any atom is -0.378 e. The third kappa shape index (κ3) is 3.56. The van der Waals surface area contributed by atoms with E-state index < -0.39 is 0 Å². The molecular weight excluding hydrogens is 400 g/mol. The standard InChI is InChI=1S/C25H28N6O/c1-18-4-2-7-20(14-18)21-8-9-31(28-21)23-15-22(29-10-12-32-13-11-29)24-25(27-23)30(17-26-24)16-19-5-3-6-19/h2,4,7-9,14-15,17,19H,3,5-6,10-13,16H2,1H3. The van der Waals surface area contributed by atoms with E-state index >= 15 is 0 Å². The lowest BCUT2D eigenvalue weighted by Gasteiger charge is -2.29. The number of hydrogen-bond donors (Lipinski definition) is 0. The minimum absolute atomic E-state index is 0.737. The van der Waals surface area contributed by atoms with Crippen molar-refractivity contribution in [2.45, 2.75) is 32.7 Å². The number of nitrogens with zero attached hydrogens (tertiary/aromatic N) is 6. The average molecular weight is 429 g/mol. The number of hydrogen-bond acceptors (Lipinski definition) is 5. The number of fused-ring (bicyclic) bond motifs is 1. The Bertz CT molecular complexity index is 1250. The molecule has 4 aromatic rings. The molecular formula is C25H28N6O. The van der Waals surface area contributed by atoms with Crippen molar-refractivity contribution in [3.05, 3.63) is 54.5 Å². The number of benzene rings is 1. The number of morpholine rings is 1. The molecule has 6 rings (SSSR count). The van der Waals surface area contributed by atoms with Crippen LogP contribution in [0.2, 0.25) is 0 Å². The normalized spacial score (nSPS) is 17.1. The van der Waals surface area contributed by atoms with Crippen LogP contribution in [0.1, 0.15) is 24.8 Å². The number of aryl methyl sites for hydroxylation is 1. The maximum Gasteiger partial charge on any atom is 0.164 e. The zero-order valence-corrected chi connectivity index (χ0v) is 18.4. The van der Waals surface area contributed by atoms with E-state index in [4.69, 9.17) is 19.8 Å². The summed E-state index contributed by atoms with van der Waals surface area (Å²) < 4.78 is 9.71. The molecule has 2 fully saturated rings. The van der Waals surface area contributed by atoms with Crippen molar-refractivity contribution in [2.75, 3.05) is 31.2 Å². The van der Waals surface area contributed by atoms with E-state index in [-0.39, 0.29) is 0 Å². The second-order valence-electron chi connectivity index (χ2n) is 8.98. The molecule has 0 radical (unpaired) electrons. The van der Waals surface area contributed by atoms with E-state index in [0.29, 0.717) is 0 Å². The van der Waals surface area contributed by atoms with Crippen LogP contribution in [0.4, 0.5) is 5.69 Å². The van der Waals surface area contributed by atoms with Crippen molar-refractivity contribution in [1.82, 2.24) is 24.3 Å². The van der Waals surface area contributed by atoms with Crippen molar-refractivity contribution in [1.29, 1.82) is 0 Å². The Balaban J connectivity index is 1.43. The van der Waals surface area contributed by atoms with Crippen molar-refractivity contribution >= 4 is 16.9 Å². The molecule has 3 aromatic heterocycles. The Morgan fingerprint density at radius 1 is 1.09 bits per heavy atom. The molecule has 1 aliphatic heterocycles. The predicted molar refractivity (Wildman–Crippen MR) is 125 cm³/mol. The molecule has 2 aliphatic rings. The van der Waals surface area contributed by atoms with E-state index in [1.165, 1.54) is 24.8 Å². The van der Waals surface area contributed by atoms with Gasteiger partial charge in [0.05, 0.1) is 30.9 Å². The zero-order valence-electron chi connectivity index (χ0n) is 18.4. The number of pyridine rings is 1. The van der Waals surface area contributed by atoms with Gasteiger partial charge in [0.15, 0.2) is 11.5 Å². The molecule has 1 aliphatic carbocycles. The van der Waals surface area contributed by atoms with Gasteiger partial charge in [-0.3, -0.25) is 0 Å². The Labute approximate surface area is 187 Å². The van der Waals surface area contributed by atoms with Gasteiger partial charge in [-0.1, -0.05) is 30.2 Å². The Kier molecular flexibility index (Phi) is 4.91. The van der Waals surface area contributed by atoms with Crippen molar-refractivity contribution in [2.24, 2.45) is 5.92 Å². The second-order valence-corrected chi connectivity index (χ2v) is 8.98. The number of anilines is 1. The van der Waals surface area contributed by atoms with E-state index in [9.17, 15) is 0 Å². The van der Waals surface area contributed by atoms with Crippen LogP contribution in [0.25, 0.3) is 28.2 Å². The van der Waals surface area contributed by atoms with Gasteiger partial charge in [0.25, 0.3) is 0 Å². The number of aromatic nitrogens is 5. The molecule has 32 heavy (non-hydrogen) atoms. The minimum atomic E-state index is 0.737. The lowest BCUT2D eigenvalue weighted by molar-refractivity contribution is 0.123. The summed E-state index contributed by atoms with van der Waals surface area (Å²) in [5, 5.41) is 4.87. The molecule has 0 atom stereocenters. The second kappa shape index (κ2) is 8.06. The molecule has 0 unspecified atom stereocenters. The van der Waals surface area contributed by atoms with E-state index in [2.05, 4.69) is 52.8 Å². The first kappa shape index (κ1) is 19.5. The summed E-state index contributed by atoms with van der Waals surface area (Å²) in [6.07, 6.45) is 7.90. The van der Waals surface area contributed by atoms with Crippen molar-refractivity contribution in [3.8, 4) is 17.1 Å². The summed E-state index contributed by atoms with van der Waals surface area (Å²) in [7, 11) is 0. The molecule has 7 nitrogen and oxygen atoms in total. The molecule has 7 heteroatoms. The van der Waals surface area contributed by atoms with Gasteiger partial charge >= 0.3 is 0 Å². The fourth-order valence-electron chi connectivity index (χ4n) is 4.66. The fourth-order valence-corrected chi connectivity index (χ4v) is 4.66. The number of rotatable bonds is 5. The molecule has 0 N–H and O–H groups in total. The van der Waals surface area contributed by atoms with Crippen LogP contribution in [0.3, 0.4) is 0 Å². The summed E-state index contributed by atoms with van der Waals surface area (Å²) in [4.78, 5) is 12.2. The summed E-state index contributed by atoms with van der Waals surface area (Å²) in [5.41, 5.74) is 6.34. The van der Waals surface area contributed by atoms with Crippen LogP contribution in [-0.2, 0) is 11.3 Å². The Morgan fingerprint density at radius 3 is 2.75 bits per heavy atom. The highest BCUT2D eigenvalue weighted by Crippen LogP contribution is 2.32. The van der Waals surface area contributed by atoms with Gasteiger partial charge in [-0.25, -0.2) is 14.6 Å². The van der Waals surface area contributed by atoms with Crippen LogP contribution in [0, 0.1) is 12.8 Å². The first-order valence-electron chi connectivity index (χ1n) is 11.6. The van der Waals surface area contributed by atoms with E-state index in [1.807, 2.05) is 17.2 Å². The van der Waals surface area contributed by atoms with Gasteiger partial charge in [0, 0.05) is 37.5 Å². The molecule has 1 saturated heterocycles. The van der Waals surface area contributed by atoms with Gasteiger partial charge < -0.3 is 14.2 Å². The average Bonchev–Trinajstić information content (AvgIpc) is 3.44. The van der Waals surface area contributed by atoms with Crippen molar-refractivity contribution in [3.63, 3.8) is 0 Å². The first-order chi connectivity index (χ1) is 15.7. The summed E-state index contributed by atoms with van der Waals surface area (Å²) in [5.74, 6) is 1.57. The van der Waals surface area contributed by atoms with Gasteiger partial charge in [-0.15, -0.1) is 0 Å². The van der Waals surface area contributed by atoms with Crippen LogP contribution < -0.4 is 4.90 Å². The summed E-state index contributed by atoms with van der Waals surface area (Å²) in [6.45, 7) is 6.29. The molecule has 1 saturated carbocycles. The quantitative estimate of drug-likeness (QED) is 0.476. The van der Waals surface area contributed by atoms with Gasteiger partial charge in [0.2, 0.25) is 0 Å². The largest absolute Gasteiger partial charge is 0.378 e. The lowest BCUT2D eigenvalue weighted by atomic mass is 9.85. The fraction of sp³-hybridized carbons (Fsp3) is 0.400. The Morgan fingerprint density at radius 2 is 1.97 bits per heavy atom. The van der Waals surface area contributed by atoms with Gasteiger partial charge in [-0.05, 0) is 37.8 Å². The van der Waals surface area contributed by atoms with Crippen LogP contribution in [0.15, 0.2) is 48.9 Å². The SMILES string of the molecule is Cc1cccc(-c2ccn(-c3cc(N4CCOCC4)c4ncn(CC5CCC5)c4n3)n2)c1. The third-order valence-corrected chi connectivity index (χ3v) is 6.71. The van der Waals surface area contributed by atoms with E-state index in [1.54, 1.807) is 0 Å². The molecule has 164 valence electrons. The van der Waals surface area contributed by atoms with Crippen LogP contribution >= 0.6 is 0 Å². The topological polar surface area (TPSA) is 61.0 Å². The van der Waals surface area contributed by atoms with Crippen LogP contribution in [0.5, 0.6) is 0 Å². The lowest BCUT2D eigenvalue weighted by Crippen LogP contribution is -2.36. The molecule has 0 bridgehead atoms. The Hall–Kier alpha value is -3.19. The molecule has 4 heterocycles. The molecule has 1 aromatic carbocycles. The van der Waals surface area contributed by atoms with Gasteiger partial charge in [-0.2, -0.15) is 5.10 Å². The number of imidazole rings is 1. The maximum absolute atomic E-state index is 5.59. The zero-order chi connectivity index (χ0) is 21.5. The van der Waals surface area contributed by atoms with Crippen molar-refractivity contribution < 1.29 is 4.74 Å².